The summed E-state index contributed by atoms with van der Waals surface area (Å²) in [6, 6.07) is 7.30. The largest absolute Gasteiger partial charge is 0.313 e. The summed E-state index contributed by atoms with van der Waals surface area (Å²) in [7, 11) is -1.57. The predicted molar refractivity (Wildman–Crippen MR) is 85.7 cm³/mol. The van der Waals surface area contributed by atoms with Gasteiger partial charge in [0.05, 0.1) is 4.90 Å². The lowest BCUT2D eigenvalue weighted by Gasteiger charge is -2.20. The molecule has 1 aromatic rings. The maximum absolute atomic E-state index is 12.5. The van der Waals surface area contributed by atoms with Crippen LogP contribution in [0.25, 0.3) is 0 Å². The smallest absolute Gasteiger partial charge is 0.240 e. The Labute approximate surface area is 128 Å². The van der Waals surface area contributed by atoms with Crippen molar-refractivity contribution in [2.75, 3.05) is 7.05 Å². The van der Waals surface area contributed by atoms with Crippen LogP contribution in [0.1, 0.15) is 51.1 Å². The predicted octanol–water partition coefficient (Wildman–Crippen LogP) is 2.82. The molecule has 0 heterocycles. The van der Waals surface area contributed by atoms with E-state index in [-0.39, 0.29) is 12.1 Å². The van der Waals surface area contributed by atoms with Crippen LogP contribution in [0.4, 0.5) is 0 Å². The van der Waals surface area contributed by atoms with Crippen LogP contribution < -0.4 is 10.0 Å². The quantitative estimate of drug-likeness (QED) is 0.849. The van der Waals surface area contributed by atoms with Gasteiger partial charge in [0.25, 0.3) is 0 Å². The van der Waals surface area contributed by atoms with Crippen molar-refractivity contribution in [1.29, 1.82) is 0 Å². The third kappa shape index (κ3) is 4.05. The molecular weight excluding hydrogens is 284 g/mol. The van der Waals surface area contributed by atoms with Crippen molar-refractivity contribution in [3.05, 3.63) is 29.8 Å². The second-order valence-corrected chi connectivity index (χ2v) is 7.75. The van der Waals surface area contributed by atoms with Crippen LogP contribution in [0.15, 0.2) is 29.2 Å². The van der Waals surface area contributed by atoms with E-state index < -0.39 is 10.0 Å². The highest BCUT2D eigenvalue weighted by Gasteiger charge is 2.26. The lowest BCUT2D eigenvalue weighted by atomic mass is 10.0. The maximum Gasteiger partial charge on any atom is 0.240 e. The van der Waals surface area contributed by atoms with Crippen LogP contribution in [0.3, 0.4) is 0 Å². The van der Waals surface area contributed by atoms with Crippen molar-refractivity contribution < 1.29 is 8.42 Å². The van der Waals surface area contributed by atoms with Gasteiger partial charge in [-0.2, -0.15) is 0 Å². The Morgan fingerprint density at radius 1 is 1.19 bits per heavy atom. The molecule has 0 amide bonds. The van der Waals surface area contributed by atoms with Crippen LogP contribution >= 0.6 is 0 Å². The SMILES string of the molecule is CNC(C)c1cccc(S(=O)(=O)NC(C)C2CCCC2)c1. The summed E-state index contributed by atoms with van der Waals surface area (Å²) in [6.07, 6.45) is 4.68. The molecule has 0 spiro atoms. The molecule has 1 aliphatic rings. The van der Waals surface area contributed by atoms with E-state index in [4.69, 9.17) is 0 Å². The lowest BCUT2D eigenvalue weighted by Crippen LogP contribution is -2.37. The average Bonchev–Trinajstić information content (AvgIpc) is 3.00. The van der Waals surface area contributed by atoms with E-state index >= 15 is 0 Å². The van der Waals surface area contributed by atoms with Crippen molar-refractivity contribution >= 4 is 10.0 Å². The summed E-state index contributed by atoms with van der Waals surface area (Å²) < 4.78 is 27.9. The van der Waals surface area contributed by atoms with Gasteiger partial charge in [-0.05, 0) is 57.4 Å². The van der Waals surface area contributed by atoms with E-state index in [0.717, 1.165) is 18.4 Å². The molecule has 0 saturated heterocycles. The number of benzene rings is 1. The minimum absolute atomic E-state index is 0.00267. The van der Waals surface area contributed by atoms with Crippen molar-refractivity contribution in [2.45, 2.75) is 56.5 Å². The minimum Gasteiger partial charge on any atom is -0.313 e. The number of rotatable bonds is 6. The second-order valence-electron chi connectivity index (χ2n) is 6.04. The number of hydrogen-bond donors (Lipinski definition) is 2. The van der Waals surface area contributed by atoms with Crippen LogP contribution in [-0.2, 0) is 10.0 Å². The first-order valence-corrected chi connectivity index (χ1v) is 9.22. The van der Waals surface area contributed by atoms with Crippen LogP contribution in [0.5, 0.6) is 0 Å². The molecule has 1 aromatic carbocycles. The topological polar surface area (TPSA) is 58.2 Å². The molecular formula is C16H26N2O2S. The van der Waals surface area contributed by atoms with Gasteiger partial charge in [-0.3, -0.25) is 0 Å². The van der Waals surface area contributed by atoms with E-state index in [1.807, 2.05) is 27.0 Å². The molecule has 2 atom stereocenters. The zero-order valence-corrected chi connectivity index (χ0v) is 13.9. The normalized spacial score (nSPS) is 19.6. The third-order valence-electron chi connectivity index (χ3n) is 4.55. The number of hydrogen-bond acceptors (Lipinski definition) is 3. The van der Waals surface area contributed by atoms with Gasteiger partial charge >= 0.3 is 0 Å². The number of nitrogens with one attached hydrogen (secondary N) is 2. The highest BCUT2D eigenvalue weighted by Crippen LogP contribution is 2.28. The van der Waals surface area contributed by atoms with Gasteiger partial charge in [-0.1, -0.05) is 25.0 Å². The molecule has 4 nitrogen and oxygen atoms in total. The van der Waals surface area contributed by atoms with Crippen LogP contribution in [0.2, 0.25) is 0 Å². The fourth-order valence-corrected chi connectivity index (χ4v) is 4.35. The first-order valence-electron chi connectivity index (χ1n) is 7.73. The molecule has 1 saturated carbocycles. The average molecular weight is 310 g/mol. The molecule has 5 heteroatoms. The summed E-state index contributed by atoms with van der Waals surface area (Å²) in [6.45, 7) is 3.99. The minimum atomic E-state index is -3.44. The van der Waals surface area contributed by atoms with Crippen molar-refractivity contribution in [3.8, 4) is 0 Å². The first-order chi connectivity index (χ1) is 9.94. The van der Waals surface area contributed by atoms with Gasteiger partial charge < -0.3 is 5.32 Å². The van der Waals surface area contributed by atoms with E-state index in [9.17, 15) is 8.42 Å². The van der Waals surface area contributed by atoms with Crippen molar-refractivity contribution in [1.82, 2.24) is 10.0 Å². The zero-order valence-electron chi connectivity index (χ0n) is 13.1. The third-order valence-corrected chi connectivity index (χ3v) is 6.11. The zero-order chi connectivity index (χ0) is 15.5. The first kappa shape index (κ1) is 16.5. The van der Waals surface area contributed by atoms with E-state index in [1.54, 1.807) is 18.2 Å². The Balaban J connectivity index is 2.15. The second kappa shape index (κ2) is 6.90. The highest BCUT2D eigenvalue weighted by atomic mass is 32.2. The standard InChI is InChI=1S/C16H26N2O2S/c1-12(17-3)15-9-6-10-16(11-15)21(19,20)18-13(2)14-7-4-5-8-14/h6,9-14,17-18H,4-5,7-8H2,1-3H3. The van der Waals surface area contributed by atoms with Gasteiger partial charge in [0.2, 0.25) is 10.0 Å². The molecule has 0 aliphatic heterocycles. The van der Waals surface area contributed by atoms with E-state index in [1.165, 1.54) is 12.8 Å². The van der Waals surface area contributed by atoms with Gasteiger partial charge in [-0.25, -0.2) is 13.1 Å². The van der Waals surface area contributed by atoms with Crippen LogP contribution in [-0.4, -0.2) is 21.5 Å². The lowest BCUT2D eigenvalue weighted by molar-refractivity contribution is 0.424. The monoisotopic (exact) mass is 310 g/mol. The molecule has 21 heavy (non-hydrogen) atoms. The summed E-state index contributed by atoms with van der Waals surface area (Å²) >= 11 is 0. The molecule has 0 radical (unpaired) electrons. The summed E-state index contributed by atoms with van der Waals surface area (Å²) in [4.78, 5) is 0.354. The molecule has 2 unspecified atom stereocenters. The van der Waals surface area contributed by atoms with Crippen molar-refractivity contribution in [2.24, 2.45) is 5.92 Å². The van der Waals surface area contributed by atoms with Crippen LogP contribution in [0, 0.1) is 5.92 Å². The Kier molecular flexibility index (Phi) is 5.41. The maximum atomic E-state index is 12.5. The van der Waals surface area contributed by atoms with Gasteiger partial charge in [-0.15, -0.1) is 0 Å². The highest BCUT2D eigenvalue weighted by molar-refractivity contribution is 7.89. The fraction of sp³-hybridized carbons (Fsp3) is 0.625. The molecule has 0 aromatic heterocycles. The number of sulfonamides is 1. The summed E-state index contributed by atoms with van der Waals surface area (Å²) in [5, 5.41) is 3.13. The van der Waals surface area contributed by atoms with E-state index in [2.05, 4.69) is 10.0 Å². The van der Waals surface area contributed by atoms with Gasteiger partial charge in [0.1, 0.15) is 0 Å². The van der Waals surface area contributed by atoms with Gasteiger partial charge in [0.15, 0.2) is 0 Å². The fourth-order valence-electron chi connectivity index (χ4n) is 2.98. The summed E-state index contributed by atoms with van der Waals surface area (Å²) in [5.41, 5.74) is 0.980. The van der Waals surface area contributed by atoms with E-state index in [0.29, 0.717) is 10.8 Å². The molecule has 0 bridgehead atoms. The molecule has 2 rings (SSSR count). The Bertz CT molecular complexity index is 565. The summed E-state index contributed by atoms with van der Waals surface area (Å²) in [5.74, 6) is 0.471. The Morgan fingerprint density at radius 3 is 2.48 bits per heavy atom. The molecule has 118 valence electrons. The van der Waals surface area contributed by atoms with Gasteiger partial charge in [0, 0.05) is 12.1 Å². The molecule has 1 fully saturated rings. The van der Waals surface area contributed by atoms with Crippen molar-refractivity contribution in [3.63, 3.8) is 0 Å². The Hall–Kier alpha value is -0.910. The molecule has 1 aliphatic carbocycles. The Morgan fingerprint density at radius 2 is 1.86 bits per heavy atom. The molecule has 2 N–H and O–H groups in total.